The standard InChI is InChI=1S/C21H23N3OS/c25-21(12-16-26-19-9-5-2-6-10-19)23-13-11-20-22-14-15-24(20)17-18-7-3-1-4-8-18/h1-10,14-15H,11-13,16-17H2,(H,23,25). The maximum absolute atomic E-state index is 12.0. The van der Waals surface area contributed by atoms with Crippen molar-refractivity contribution in [1.29, 1.82) is 0 Å². The van der Waals surface area contributed by atoms with E-state index in [0.717, 1.165) is 24.5 Å². The summed E-state index contributed by atoms with van der Waals surface area (Å²) in [5.74, 6) is 1.88. The van der Waals surface area contributed by atoms with Crippen LogP contribution in [-0.2, 0) is 17.8 Å². The summed E-state index contributed by atoms with van der Waals surface area (Å²) >= 11 is 1.71. The largest absolute Gasteiger partial charge is 0.356 e. The van der Waals surface area contributed by atoms with Crippen LogP contribution in [0.15, 0.2) is 78.0 Å². The molecule has 0 atom stereocenters. The van der Waals surface area contributed by atoms with E-state index in [1.165, 1.54) is 10.5 Å². The number of nitrogens with one attached hydrogen (secondary N) is 1. The summed E-state index contributed by atoms with van der Waals surface area (Å²) in [4.78, 5) is 17.6. The van der Waals surface area contributed by atoms with Crippen LogP contribution in [0.1, 0.15) is 17.8 Å². The number of nitrogens with zero attached hydrogens (tertiary/aromatic N) is 2. The summed E-state index contributed by atoms with van der Waals surface area (Å²) in [7, 11) is 0. The molecule has 0 spiro atoms. The SMILES string of the molecule is O=C(CCSc1ccccc1)NCCc1nccn1Cc1ccccc1. The highest BCUT2D eigenvalue weighted by molar-refractivity contribution is 7.99. The number of rotatable bonds is 9. The van der Waals surface area contributed by atoms with Crippen LogP contribution in [-0.4, -0.2) is 27.8 Å². The second-order valence-electron chi connectivity index (χ2n) is 5.97. The molecule has 3 aromatic rings. The number of benzene rings is 2. The number of amides is 1. The van der Waals surface area contributed by atoms with Crippen LogP contribution in [0.25, 0.3) is 0 Å². The summed E-state index contributed by atoms with van der Waals surface area (Å²) in [5, 5.41) is 2.99. The Morgan fingerprint density at radius 3 is 2.54 bits per heavy atom. The van der Waals surface area contributed by atoms with Gasteiger partial charge in [-0.1, -0.05) is 48.5 Å². The first-order valence-corrected chi connectivity index (χ1v) is 9.78. The van der Waals surface area contributed by atoms with E-state index in [1.807, 2.05) is 48.8 Å². The number of hydrogen-bond donors (Lipinski definition) is 1. The molecule has 1 heterocycles. The molecular formula is C21H23N3OS. The van der Waals surface area contributed by atoms with Gasteiger partial charge in [0, 0.05) is 49.0 Å². The molecule has 134 valence electrons. The van der Waals surface area contributed by atoms with Gasteiger partial charge in [0.2, 0.25) is 5.91 Å². The van der Waals surface area contributed by atoms with Crippen LogP contribution in [0.5, 0.6) is 0 Å². The lowest BCUT2D eigenvalue weighted by Gasteiger charge is -2.09. The van der Waals surface area contributed by atoms with Crippen LogP contribution in [0, 0.1) is 0 Å². The van der Waals surface area contributed by atoms with Gasteiger partial charge in [-0.2, -0.15) is 0 Å². The Labute approximate surface area is 158 Å². The molecule has 1 aromatic heterocycles. The zero-order chi connectivity index (χ0) is 18.0. The van der Waals surface area contributed by atoms with E-state index in [-0.39, 0.29) is 5.91 Å². The molecule has 0 aliphatic carbocycles. The Kier molecular flexibility index (Phi) is 6.90. The maximum atomic E-state index is 12.0. The molecule has 4 nitrogen and oxygen atoms in total. The van der Waals surface area contributed by atoms with Gasteiger partial charge in [-0.15, -0.1) is 11.8 Å². The zero-order valence-corrected chi connectivity index (χ0v) is 15.5. The number of aromatic nitrogens is 2. The number of carbonyl (C=O) groups excluding carboxylic acids is 1. The smallest absolute Gasteiger partial charge is 0.220 e. The van der Waals surface area contributed by atoms with E-state index in [1.54, 1.807) is 11.8 Å². The fourth-order valence-corrected chi connectivity index (χ4v) is 3.55. The summed E-state index contributed by atoms with van der Waals surface area (Å²) in [6.07, 6.45) is 5.06. The van der Waals surface area contributed by atoms with Crippen LogP contribution in [0.4, 0.5) is 0 Å². The Bertz CT molecular complexity index is 802. The number of hydrogen-bond acceptors (Lipinski definition) is 3. The first-order chi connectivity index (χ1) is 12.8. The fourth-order valence-electron chi connectivity index (χ4n) is 2.67. The van der Waals surface area contributed by atoms with Gasteiger partial charge in [-0.05, 0) is 17.7 Å². The second kappa shape index (κ2) is 9.82. The predicted molar refractivity (Wildman–Crippen MR) is 106 cm³/mol. The number of thioether (sulfide) groups is 1. The Morgan fingerprint density at radius 1 is 1.04 bits per heavy atom. The lowest BCUT2D eigenvalue weighted by atomic mass is 10.2. The van der Waals surface area contributed by atoms with Gasteiger partial charge in [0.25, 0.3) is 0 Å². The minimum Gasteiger partial charge on any atom is -0.356 e. The molecule has 0 aliphatic rings. The molecule has 0 bridgehead atoms. The topological polar surface area (TPSA) is 46.9 Å². The first kappa shape index (κ1) is 18.3. The number of carbonyl (C=O) groups is 1. The third-order valence-corrected chi connectivity index (χ3v) is 5.02. The molecule has 1 N–H and O–H groups in total. The van der Waals surface area contributed by atoms with Crippen LogP contribution >= 0.6 is 11.8 Å². The Hall–Kier alpha value is -2.53. The minimum atomic E-state index is 0.0922. The third kappa shape index (κ3) is 5.77. The van der Waals surface area contributed by atoms with Gasteiger partial charge in [0.1, 0.15) is 5.82 Å². The van der Waals surface area contributed by atoms with E-state index >= 15 is 0 Å². The van der Waals surface area contributed by atoms with Crippen molar-refractivity contribution in [3.05, 3.63) is 84.4 Å². The molecular weight excluding hydrogens is 342 g/mol. The normalized spacial score (nSPS) is 10.6. The van der Waals surface area contributed by atoms with Gasteiger partial charge < -0.3 is 9.88 Å². The quantitative estimate of drug-likeness (QED) is 0.587. The van der Waals surface area contributed by atoms with Gasteiger partial charge in [-0.3, -0.25) is 4.79 Å². The van der Waals surface area contributed by atoms with Crippen molar-refractivity contribution in [2.24, 2.45) is 0 Å². The average molecular weight is 366 g/mol. The maximum Gasteiger partial charge on any atom is 0.220 e. The van der Waals surface area contributed by atoms with Crippen molar-refractivity contribution in [2.45, 2.75) is 24.3 Å². The van der Waals surface area contributed by atoms with Crippen molar-refractivity contribution in [3.63, 3.8) is 0 Å². The third-order valence-electron chi connectivity index (χ3n) is 4.01. The van der Waals surface area contributed by atoms with Gasteiger partial charge in [0.05, 0.1) is 0 Å². The van der Waals surface area contributed by atoms with Crippen molar-refractivity contribution in [2.75, 3.05) is 12.3 Å². The van der Waals surface area contributed by atoms with E-state index in [9.17, 15) is 4.79 Å². The minimum absolute atomic E-state index is 0.0922. The monoisotopic (exact) mass is 365 g/mol. The lowest BCUT2D eigenvalue weighted by Crippen LogP contribution is -2.26. The van der Waals surface area contributed by atoms with E-state index in [2.05, 4.69) is 39.1 Å². The fraction of sp³-hybridized carbons (Fsp3) is 0.238. The molecule has 26 heavy (non-hydrogen) atoms. The molecule has 1 amide bonds. The van der Waals surface area contributed by atoms with Gasteiger partial charge in [0.15, 0.2) is 0 Å². The molecule has 0 unspecified atom stereocenters. The Balaban J connectivity index is 1.38. The van der Waals surface area contributed by atoms with E-state index in [0.29, 0.717) is 13.0 Å². The van der Waals surface area contributed by atoms with Crippen molar-refractivity contribution >= 4 is 17.7 Å². The summed E-state index contributed by atoms with van der Waals surface area (Å²) in [5.41, 5.74) is 1.24. The highest BCUT2D eigenvalue weighted by Gasteiger charge is 2.06. The molecule has 2 aromatic carbocycles. The zero-order valence-electron chi connectivity index (χ0n) is 14.7. The molecule has 5 heteroatoms. The lowest BCUT2D eigenvalue weighted by molar-refractivity contribution is -0.120. The highest BCUT2D eigenvalue weighted by Crippen LogP contribution is 2.17. The predicted octanol–water partition coefficient (Wildman–Crippen LogP) is 3.77. The summed E-state index contributed by atoms with van der Waals surface area (Å²) in [6, 6.07) is 20.5. The van der Waals surface area contributed by atoms with E-state index < -0.39 is 0 Å². The Morgan fingerprint density at radius 2 is 1.77 bits per heavy atom. The van der Waals surface area contributed by atoms with Crippen LogP contribution < -0.4 is 5.32 Å². The molecule has 0 fully saturated rings. The van der Waals surface area contributed by atoms with Crippen molar-refractivity contribution < 1.29 is 4.79 Å². The van der Waals surface area contributed by atoms with Gasteiger partial charge in [-0.25, -0.2) is 4.98 Å². The van der Waals surface area contributed by atoms with Gasteiger partial charge >= 0.3 is 0 Å². The highest BCUT2D eigenvalue weighted by atomic mass is 32.2. The van der Waals surface area contributed by atoms with Crippen LogP contribution in [0.2, 0.25) is 0 Å². The molecule has 0 aliphatic heterocycles. The summed E-state index contributed by atoms with van der Waals surface area (Å²) in [6.45, 7) is 1.42. The molecule has 0 saturated carbocycles. The summed E-state index contributed by atoms with van der Waals surface area (Å²) < 4.78 is 2.13. The van der Waals surface area contributed by atoms with Crippen molar-refractivity contribution in [3.8, 4) is 0 Å². The van der Waals surface area contributed by atoms with Crippen LogP contribution in [0.3, 0.4) is 0 Å². The van der Waals surface area contributed by atoms with Crippen molar-refractivity contribution in [1.82, 2.24) is 14.9 Å². The molecule has 3 rings (SSSR count). The molecule has 0 radical (unpaired) electrons. The average Bonchev–Trinajstić information content (AvgIpc) is 3.10. The molecule has 0 saturated heterocycles. The first-order valence-electron chi connectivity index (χ1n) is 8.80. The number of imidazole rings is 1. The van der Waals surface area contributed by atoms with E-state index in [4.69, 9.17) is 0 Å². The second-order valence-corrected chi connectivity index (χ2v) is 7.14.